The summed E-state index contributed by atoms with van der Waals surface area (Å²) in [5.74, 6) is -0.689. The second-order valence-electron chi connectivity index (χ2n) is 5.52. The Labute approximate surface area is 109 Å². The number of ether oxygens (including phenoxy) is 1. The van der Waals surface area contributed by atoms with Crippen LogP contribution in [0.3, 0.4) is 0 Å². The zero-order valence-electron chi connectivity index (χ0n) is 11.9. The van der Waals surface area contributed by atoms with Crippen LogP contribution in [0, 0.1) is 11.8 Å². The summed E-state index contributed by atoms with van der Waals surface area (Å²) >= 11 is 0. The second-order valence-corrected chi connectivity index (χ2v) is 5.52. The van der Waals surface area contributed by atoms with Gasteiger partial charge >= 0.3 is 5.97 Å². The number of hydrogen-bond donors (Lipinski definition) is 2. The number of methoxy groups -OCH3 is 1. The molecule has 106 valence electrons. The van der Waals surface area contributed by atoms with Crippen molar-refractivity contribution in [1.29, 1.82) is 0 Å². The number of carboxylic acid groups (broad SMARTS) is 1. The van der Waals surface area contributed by atoms with Crippen LogP contribution in [0.2, 0.25) is 0 Å². The van der Waals surface area contributed by atoms with Gasteiger partial charge in [-0.15, -0.1) is 0 Å². The number of carboxylic acids is 1. The van der Waals surface area contributed by atoms with Crippen molar-refractivity contribution in [2.75, 3.05) is 13.7 Å². The first-order valence-corrected chi connectivity index (χ1v) is 6.24. The van der Waals surface area contributed by atoms with Gasteiger partial charge in [0.05, 0.1) is 0 Å². The average Bonchev–Trinajstić information content (AvgIpc) is 2.23. The third kappa shape index (κ3) is 6.59. The van der Waals surface area contributed by atoms with E-state index >= 15 is 0 Å². The summed E-state index contributed by atoms with van der Waals surface area (Å²) in [6.45, 7) is 7.80. The smallest absolute Gasteiger partial charge is 0.303 e. The summed E-state index contributed by atoms with van der Waals surface area (Å²) < 4.78 is 5.07. The molecule has 5 nitrogen and oxygen atoms in total. The molecule has 0 radical (unpaired) electrons. The molecular weight excluding hydrogens is 234 g/mol. The van der Waals surface area contributed by atoms with Crippen molar-refractivity contribution in [2.24, 2.45) is 11.8 Å². The molecule has 0 aromatic carbocycles. The fraction of sp³-hybridized carbons (Fsp3) is 0.846. The zero-order chi connectivity index (χ0) is 14.3. The first-order chi connectivity index (χ1) is 8.19. The van der Waals surface area contributed by atoms with Crippen LogP contribution in [-0.2, 0) is 14.3 Å². The van der Waals surface area contributed by atoms with Gasteiger partial charge in [0.25, 0.3) is 5.91 Å². The number of aliphatic carboxylic acids is 1. The Morgan fingerprint density at radius 3 is 2.28 bits per heavy atom. The second kappa shape index (κ2) is 7.36. The predicted molar refractivity (Wildman–Crippen MR) is 69.3 cm³/mol. The van der Waals surface area contributed by atoms with E-state index in [1.165, 1.54) is 7.11 Å². The molecule has 0 heterocycles. The summed E-state index contributed by atoms with van der Waals surface area (Å²) in [6, 6.07) is 0. The normalized spacial score (nSPS) is 13.4. The number of nitrogens with one attached hydrogen (secondary N) is 1. The van der Waals surface area contributed by atoms with E-state index in [-0.39, 0.29) is 18.2 Å². The third-order valence-electron chi connectivity index (χ3n) is 2.88. The minimum Gasteiger partial charge on any atom is -0.481 e. The Balaban J connectivity index is 4.34. The number of carbonyl (C=O) groups is 2. The Morgan fingerprint density at radius 2 is 1.89 bits per heavy atom. The van der Waals surface area contributed by atoms with Gasteiger partial charge in [-0.1, -0.05) is 13.8 Å². The largest absolute Gasteiger partial charge is 0.481 e. The molecule has 0 aromatic heterocycles. The fourth-order valence-corrected chi connectivity index (χ4v) is 1.70. The van der Waals surface area contributed by atoms with Gasteiger partial charge in [-0.3, -0.25) is 9.59 Å². The van der Waals surface area contributed by atoms with E-state index in [4.69, 9.17) is 9.84 Å². The lowest BCUT2D eigenvalue weighted by Crippen LogP contribution is -2.45. The minimum atomic E-state index is -0.883. The van der Waals surface area contributed by atoms with E-state index in [1.807, 2.05) is 13.8 Å². The van der Waals surface area contributed by atoms with Crippen molar-refractivity contribution in [2.45, 2.75) is 46.1 Å². The molecule has 0 rings (SSSR count). The topological polar surface area (TPSA) is 75.6 Å². The summed E-state index contributed by atoms with van der Waals surface area (Å²) in [7, 11) is 1.47. The van der Waals surface area contributed by atoms with Gasteiger partial charge in [0.1, 0.15) is 5.60 Å². The molecule has 0 aromatic rings. The quantitative estimate of drug-likeness (QED) is 0.695. The van der Waals surface area contributed by atoms with E-state index in [1.54, 1.807) is 13.8 Å². The van der Waals surface area contributed by atoms with Crippen LogP contribution in [0.4, 0.5) is 0 Å². The Kier molecular flexibility index (Phi) is 6.91. The van der Waals surface area contributed by atoms with Crippen LogP contribution < -0.4 is 5.32 Å². The monoisotopic (exact) mass is 259 g/mol. The van der Waals surface area contributed by atoms with Crippen molar-refractivity contribution in [3.8, 4) is 0 Å². The van der Waals surface area contributed by atoms with E-state index < -0.39 is 11.6 Å². The summed E-state index contributed by atoms with van der Waals surface area (Å²) in [6.07, 6.45) is 0.853. The molecule has 0 aliphatic rings. The van der Waals surface area contributed by atoms with E-state index in [0.717, 1.165) is 6.42 Å². The van der Waals surface area contributed by atoms with Crippen molar-refractivity contribution < 1.29 is 19.4 Å². The lowest BCUT2D eigenvalue weighted by molar-refractivity contribution is -0.141. The number of carbonyl (C=O) groups excluding carboxylic acids is 1. The van der Waals surface area contributed by atoms with Crippen LogP contribution in [-0.4, -0.2) is 36.2 Å². The van der Waals surface area contributed by atoms with Gasteiger partial charge < -0.3 is 15.2 Å². The number of amides is 1. The van der Waals surface area contributed by atoms with Crippen LogP contribution in [0.1, 0.15) is 40.5 Å². The molecular formula is C13H25NO4. The first-order valence-electron chi connectivity index (χ1n) is 6.24. The summed E-state index contributed by atoms with van der Waals surface area (Å²) in [4.78, 5) is 22.5. The number of hydrogen-bond acceptors (Lipinski definition) is 3. The lowest BCUT2D eigenvalue weighted by Gasteiger charge is -2.24. The average molecular weight is 259 g/mol. The van der Waals surface area contributed by atoms with E-state index in [9.17, 15) is 9.59 Å². The molecule has 0 fully saturated rings. The first kappa shape index (κ1) is 16.9. The minimum absolute atomic E-state index is 0.0425. The van der Waals surface area contributed by atoms with Crippen LogP contribution in [0.15, 0.2) is 0 Å². The molecule has 18 heavy (non-hydrogen) atoms. The molecule has 0 spiro atoms. The molecule has 0 saturated heterocycles. The van der Waals surface area contributed by atoms with Gasteiger partial charge in [-0.2, -0.15) is 0 Å². The van der Waals surface area contributed by atoms with Gasteiger partial charge in [0.15, 0.2) is 0 Å². The highest BCUT2D eigenvalue weighted by Crippen LogP contribution is 2.15. The maximum absolute atomic E-state index is 11.8. The SMILES string of the molecule is COC(C)(C)C(=O)NC[C@H](CC(=O)O)CC(C)C. The Bertz CT molecular complexity index is 287. The molecule has 0 aliphatic heterocycles. The van der Waals surface area contributed by atoms with Crippen LogP contribution >= 0.6 is 0 Å². The fourth-order valence-electron chi connectivity index (χ4n) is 1.70. The summed E-state index contributed by atoms with van der Waals surface area (Å²) in [5.41, 5.74) is -0.883. The summed E-state index contributed by atoms with van der Waals surface area (Å²) in [5, 5.41) is 11.6. The molecule has 5 heteroatoms. The molecule has 0 saturated carbocycles. The van der Waals surface area contributed by atoms with Crippen molar-refractivity contribution in [3.05, 3.63) is 0 Å². The molecule has 2 N–H and O–H groups in total. The predicted octanol–water partition coefficient (Wildman–Crippen LogP) is 1.66. The van der Waals surface area contributed by atoms with Crippen molar-refractivity contribution in [1.82, 2.24) is 5.32 Å². The molecule has 1 amide bonds. The standard InChI is InChI=1S/C13H25NO4/c1-9(2)6-10(7-11(15)16)8-14-12(17)13(3,4)18-5/h9-10H,6-8H2,1-5H3,(H,14,17)(H,15,16)/t10-/m0/s1. The molecule has 0 unspecified atom stereocenters. The highest BCUT2D eigenvalue weighted by molar-refractivity contribution is 5.84. The molecule has 0 aliphatic carbocycles. The highest BCUT2D eigenvalue weighted by atomic mass is 16.5. The molecule has 1 atom stereocenters. The number of rotatable bonds is 8. The highest BCUT2D eigenvalue weighted by Gasteiger charge is 2.27. The maximum atomic E-state index is 11.8. The van der Waals surface area contributed by atoms with E-state index in [2.05, 4.69) is 5.32 Å². The van der Waals surface area contributed by atoms with Crippen molar-refractivity contribution in [3.63, 3.8) is 0 Å². The van der Waals surface area contributed by atoms with Gasteiger partial charge in [-0.25, -0.2) is 0 Å². The lowest BCUT2D eigenvalue weighted by atomic mass is 9.94. The third-order valence-corrected chi connectivity index (χ3v) is 2.88. The Morgan fingerprint density at radius 1 is 1.33 bits per heavy atom. The van der Waals surface area contributed by atoms with Gasteiger partial charge in [0, 0.05) is 20.1 Å². The maximum Gasteiger partial charge on any atom is 0.303 e. The Hall–Kier alpha value is -1.10. The van der Waals surface area contributed by atoms with Crippen LogP contribution in [0.25, 0.3) is 0 Å². The zero-order valence-corrected chi connectivity index (χ0v) is 11.9. The van der Waals surface area contributed by atoms with E-state index in [0.29, 0.717) is 12.5 Å². The van der Waals surface area contributed by atoms with Gasteiger partial charge in [0.2, 0.25) is 0 Å². The van der Waals surface area contributed by atoms with Crippen LogP contribution in [0.5, 0.6) is 0 Å². The van der Waals surface area contributed by atoms with Gasteiger partial charge in [-0.05, 0) is 32.1 Å². The van der Waals surface area contributed by atoms with Crippen molar-refractivity contribution >= 4 is 11.9 Å². The molecule has 0 bridgehead atoms.